The molecule has 4 heteroatoms. The first-order valence-electron chi connectivity index (χ1n) is 5.81. The van der Waals surface area contributed by atoms with Gasteiger partial charge >= 0.3 is 0 Å². The van der Waals surface area contributed by atoms with Gasteiger partial charge < -0.3 is 4.90 Å². The molecule has 15 heavy (non-hydrogen) atoms. The molecule has 1 saturated heterocycles. The molecule has 0 aromatic heterocycles. The molecule has 1 heterocycles. The fraction of sp³-hybridized carbons (Fsp3) is 0.909. The lowest BCUT2D eigenvalue weighted by molar-refractivity contribution is -0.131. The molecular formula is C11H18ClNOS. The van der Waals surface area contributed by atoms with Crippen molar-refractivity contribution in [3.8, 4) is 0 Å². The highest BCUT2D eigenvalue weighted by Crippen LogP contribution is 2.32. The van der Waals surface area contributed by atoms with Crippen LogP contribution in [0, 0.1) is 0 Å². The van der Waals surface area contributed by atoms with Crippen molar-refractivity contribution in [1.82, 2.24) is 4.90 Å². The fourth-order valence-corrected chi connectivity index (χ4v) is 3.52. The van der Waals surface area contributed by atoms with Gasteiger partial charge in [0.2, 0.25) is 5.91 Å². The second-order valence-electron chi connectivity index (χ2n) is 4.31. The predicted octanol–water partition coefficient (Wildman–Crippen LogP) is 2.50. The molecule has 0 spiro atoms. The van der Waals surface area contributed by atoms with Crippen molar-refractivity contribution in [1.29, 1.82) is 0 Å². The molecule has 1 saturated carbocycles. The molecular weight excluding hydrogens is 230 g/mol. The highest BCUT2D eigenvalue weighted by atomic mass is 35.5. The van der Waals surface area contributed by atoms with Crippen LogP contribution < -0.4 is 0 Å². The lowest BCUT2D eigenvalue weighted by atomic mass is 10.1. The molecule has 0 aromatic rings. The first kappa shape index (κ1) is 11.6. The Hall–Kier alpha value is 0.110. The van der Waals surface area contributed by atoms with Crippen LogP contribution in [-0.2, 0) is 4.79 Å². The van der Waals surface area contributed by atoms with E-state index in [2.05, 4.69) is 0 Å². The molecule has 1 aliphatic carbocycles. The van der Waals surface area contributed by atoms with E-state index in [0.717, 1.165) is 18.7 Å². The van der Waals surface area contributed by atoms with Gasteiger partial charge in [0, 0.05) is 18.5 Å². The summed E-state index contributed by atoms with van der Waals surface area (Å²) in [5, 5.41) is 0.225. The maximum atomic E-state index is 12.2. The largest absolute Gasteiger partial charge is 0.338 e. The predicted molar refractivity (Wildman–Crippen MR) is 65.6 cm³/mol. The Bertz CT molecular complexity index is 227. The van der Waals surface area contributed by atoms with Gasteiger partial charge in [-0.3, -0.25) is 4.79 Å². The minimum atomic E-state index is 0.225. The molecule has 0 aromatic carbocycles. The average Bonchev–Trinajstić information content (AvgIpc) is 3.10. The molecule has 1 atom stereocenters. The maximum absolute atomic E-state index is 12.2. The van der Waals surface area contributed by atoms with Crippen LogP contribution in [0.4, 0.5) is 0 Å². The highest BCUT2D eigenvalue weighted by molar-refractivity contribution is 8.00. The zero-order chi connectivity index (χ0) is 10.7. The summed E-state index contributed by atoms with van der Waals surface area (Å²) >= 11 is 7.59. The van der Waals surface area contributed by atoms with Crippen molar-refractivity contribution in [3.63, 3.8) is 0 Å². The summed E-state index contributed by atoms with van der Waals surface area (Å²) in [7, 11) is 0. The molecule has 2 nitrogen and oxygen atoms in total. The third-order valence-corrected chi connectivity index (χ3v) is 4.58. The van der Waals surface area contributed by atoms with E-state index in [4.69, 9.17) is 11.6 Å². The lowest BCUT2D eigenvalue weighted by Gasteiger charge is -2.28. The minimum Gasteiger partial charge on any atom is -0.338 e. The number of hydrogen-bond acceptors (Lipinski definition) is 2. The van der Waals surface area contributed by atoms with Crippen molar-refractivity contribution in [2.24, 2.45) is 0 Å². The Labute approximate surface area is 101 Å². The molecule has 86 valence electrons. The number of alkyl halides is 1. The Morgan fingerprint density at radius 2 is 2.13 bits per heavy atom. The van der Waals surface area contributed by atoms with Gasteiger partial charge in [0.15, 0.2) is 0 Å². The molecule has 1 unspecified atom stereocenters. The number of nitrogens with zero attached hydrogens (tertiary/aromatic N) is 1. The Kier molecular flexibility index (Phi) is 4.21. The normalized spacial score (nSPS) is 26.3. The molecule has 2 fully saturated rings. The Morgan fingerprint density at radius 1 is 1.33 bits per heavy atom. The zero-order valence-corrected chi connectivity index (χ0v) is 10.5. The van der Waals surface area contributed by atoms with E-state index in [0.29, 0.717) is 17.8 Å². The van der Waals surface area contributed by atoms with Gasteiger partial charge in [-0.2, -0.15) is 0 Å². The standard InChI is InChI=1S/C11H18ClNOS/c12-6-7-13(9-4-5-9)11(14)10-3-1-2-8-15-10/h9-10H,1-8H2. The van der Waals surface area contributed by atoms with Crippen LogP contribution in [-0.4, -0.2) is 40.3 Å². The minimum absolute atomic E-state index is 0.225. The summed E-state index contributed by atoms with van der Waals surface area (Å²) in [5.41, 5.74) is 0. The third-order valence-electron chi connectivity index (χ3n) is 3.05. The van der Waals surface area contributed by atoms with Gasteiger partial charge in [-0.15, -0.1) is 23.4 Å². The molecule has 1 amide bonds. The van der Waals surface area contributed by atoms with Gasteiger partial charge in [0.1, 0.15) is 0 Å². The average molecular weight is 248 g/mol. The second-order valence-corrected chi connectivity index (χ2v) is 6.00. The number of halogens is 1. The van der Waals surface area contributed by atoms with E-state index in [1.165, 1.54) is 25.7 Å². The van der Waals surface area contributed by atoms with Gasteiger partial charge in [-0.1, -0.05) is 6.42 Å². The van der Waals surface area contributed by atoms with E-state index >= 15 is 0 Å². The van der Waals surface area contributed by atoms with Crippen molar-refractivity contribution in [2.45, 2.75) is 43.4 Å². The van der Waals surface area contributed by atoms with E-state index in [1.807, 2.05) is 16.7 Å². The Balaban J connectivity index is 1.90. The summed E-state index contributed by atoms with van der Waals surface area (Å²) in [6.07, 6.45) is 5.91. The summed E-state index contributed by atoms with van der Waals surface area (Å²) < 4.78 is 0. The van der Waals surface area contributed by atoms with Crippen LogP contribution >= 0.6 is 23.4 Å². The monoisotopic (exact) mass is 247 g/mol. The van der Waals surface area contributed by atoms with Gasteiger partial charge in [-0.25, -0.2) is 0 Å². The number of hydrogen-bond donors (Lipinski definition) is 0. The fourth-order valence-electron chi connectivity index (χ4n) is 2.07. The number of rotatable bonds is 4. The van der Waals surface area contributed by atoms with E-state index in [-0.39, 0.29) is 5.25 Å². The highest BCUT2D eigenvalue weighted by Gasteiger charge is 2.35. The van der Waals surface area contributed by atoms with Crippen molar-refractivity contribution >= 4 is 29.3 Å². The van der Waals surface area contributed by atoms with E-state index in [1.54, 1.807) is 0 Å². The Morgan fingerprint density at radius 3 is 2.67 bits per heavy atom. The van der Waals surface area contributed by atoms with E-state index < -0.39 is 0 Å². The van der Waals surface area contributed by atoms with Crippen LogP contribution in [0.2, 0.25) is 0 Å². The van der Waals surface area contributed by atoms with Crippen LogP contribution in [0.15, 0.2) is 0 Å². The van der Waals surface area contributed by atoms with E-state index in [9.17, 15) is 4.79 Å². The molecule has 0 N–H and O–H groups in total. The van der Waals surface area contributed by atoms with Gasteiger partial charge in [0.25, 0.3) is 0 Å². The summed E-state index contributed by atoms with van der Waals surface area (Å²) in [6, 6.07) is 0.513. The van der Waals surface area contributed by atoms with Crippen molar-refractivity contribution < 1.29 is 4.79 Å². The SMILES string of the molecule is O=C(C1CCCCS1)N(CCCl)C1CC1. The smallest absolute Gasteiger partial charge is 0.235 e. The maximum Gasteiger partial charge on any atom is 0.235 e. The molecule has 2 rings (SSSR count). The molecule has 1 aliphatic heterocycles. The molecule has 0 bridgehead atoms. The van der Waals surface area contributed by atoms with Gasteiger partial charge in [-0.05, 0) is 31.4 Å². The van der Waals surface area contributed by atoms with Crippen LogP contribution in [0.25, 0.3) is 0 Å². The number of carbonyl (C=O) groups is 1. The van der Waals surface area contributed by atoms with Crippen LogP contribution in [0.5, 0.6) is 0 Å². The number of thioether (sulfide) groups is 1. The zero-order valence-electron chi connectivity index (χ0n) is 8.95. The van der Waals surface area contributed by atoms with Crippen LogP contribution in [0.3, 0.4) is 0 Å². The summed E-state index contributed by atoms with van der Waals surface area (Å²) in [5.74, 6) is 2.07. The number of amides is 1. The second kappa shape index (κ2) is 5.44. The molecule has 2 aliphatic rings. The quantitative estimate of drug-likeness (QED) is 0.712. The molecule has 0 radical (unpaired) electrons. The first-order valence-corrected chi connectivity index (χ1v) is 7.39. The van der Waals surface area contributed by atoms with Crippen molar-refractivity contribution in [3.05, 3.63) is 0 Å². The summed E-state index contributed by atoms with van der Waals surface area (Å²) in [6.45, 7) is 0.738. The third kappa shape index (κ3) is 3.04. The van der Waals surface area contributed by atoms with Crippen molar-refractivity contribution in [2.75, 3.05) is 18.2 Å². The van der Waals surface area contributed by atoms with Gasteiger partial charge in [0.05, 0.1) is 5.25 Å². The lowest BCUT2D eigenvalue weighted by Crippen LogP contribution is -2.41. The number of carbonyl (C=O) groups excluding carboxylic acids is 1. The summed E-state index contributed by atoms with van der Waals surface area (Å²) in [4.78, 5) is 14.2. The first-order chi connectivity index (χ1) is 7.33. The topological polar surface area (TPSA) is 20.3 Å². The van der Waals surface area contributed by atoms with Crippen LogP contribution in [0.1, 0.15) is 32.1 Å².